The van der Waals surface area contributed by atoms with Crippen molar-refractivity contribution in [2.45, 2.75) is 57.7 Å². The molecule has 0 saturated heterocycles. The molecular weight excluding hydrogens is 310 g/mol. The van der Waals surface area contributed by atoms with Crippen LogP contribution in [0.15, 0.2) is 54.6 Å². The van der Waals surface area contributed by atoms with Gasteiger partial charge in [0, 0.05) is 11.6 Å². The van der Waals surface area contributed by atoms with E-state index in [0.29, 0.717) is 5.92 Å². The predicted molar refractivity (Wildman–Crippen MR) is 102 cm³/mol. The first kappa shape index (κ1) is 18.0. The Morgan fingerprint density at radius 2 is 1.60 bits per heavy atom. The van der Waals surface area contributed by atoms with Crippen LogP contribution in [0.2, 0.25) is 0 Å². The molecule has 2 N–H and O–H groups in total. The van der Waals surface area contributed by atoms with Crippen LogP contribution in [0, 0.1) is 5.92 Å². The van der Waals surface area contributed by atoms with E-state index in [2.05, 4.69) is 38.2 Å². The summed E-state index contributed by atoms with van der Waals surface area (Å²) in [4.78, 5) is 0. The van der Waals surface area contributed by atoms with Crippen molar-refractivity contribution in [3.63, 3.8) is 0 Å². The molecule has 1 aliphatic rings. The normalized spacial score (nSPS) is 23.6. The van der Waals surface area contributed by atoms with Gasteiger partial charge in [0.2, 0.25) is 0 Å². The summed E-state index contributed by atoms with van der Waals surface area (Å²) in [6.07, 6.45) is 2.66. The van der Waals surface area contributed by atoms with E-state index in [4.69, 9.17) is 4.74 Å². The highest BCUT2D eigenvalue weighted by molar-refractivity contribution is 5.33. The van der Waals surface area contributed by atoms with Crippen molar-refractivity contribution >= 4 is 0 Å². The fourth-order valence-electron chi connectivity index (χ4n) is 3.65. The summed E-state index contributed by atoms with van der Waals surface area (Å²) < 4.78 is 5.84. The number of benzene rings is 2. The van der Waals surface area contributed by atoms with E-state index in [1.807, 2.05) is 42.5 Å². The Bertz CT molecular complexity index is 661. The molecule has 0 aliphatic heterocycles. The minimum absolute atomic E-state index is 0.0387. The first-order valence-electron chi connectivity index (χ1n) is 9.17. The second kappa shape index (κ2) is 7.59. The first-order valence-corrected chi connectivity index (χ1v) is 9.17. The van der Waals surface area contributed by atoms with E-state index in [-0.39, 0.29) is 17.7 Å². The van der Waals surface area contributed by atoms with E-state index in [1.165, 1.54) is 5.56 Å². The Kier molecular flexibility index (Phi) is 5.45. The van der Waals surface area contributed by atoms with Crippen LogP contribution in [0.25, 0.3) is 0 Å². The second-order valence-corrected chi connectivity index (χ2v) is 8.17. The van der Waals surface area contributed by atoms with Gasteiger partial charge in [0.25, 0.3) is 0 Å². The lowest BCUT2D eigenvalue weighted by atomic mass is 9.97. The summed E-state index contributed by atoms with van der Waals surface area (Å²) >= 11 is 0. The predicted octanol–water partition coefficient (Wildman–Crippen LogP) is 4.55. The van der Waals surface area contributed by atoms with Crippen molar-refractivity contribution in [1.29, 1.82) is 0 Å². The van der Waals surface area contributed by atoms with Gasteiger partial charge < -0.3 is 15.2 Å². The highest BCUT2D eigenvalue weighted by Gasteiger charge is 2.34. The smallest absolute Gasteiger partial charge is 0.127 e. The molecule has 134 valence electrons. The topological polar surface area (TPSA) is 41.5 Å². The molecule has 1 saturated carbocycles. The summed E-state index contributed by atoms with van der Waals surface area (Å²) in [6.45, 7) is 6.45. The molecule has 0 amide bonds. The van der Waals surface area contributed by atoms with Crippen molar-refractivity contribution in [3.8, 4) is 11.5 Å². The van der Waals surface area contributed by atoms with E-state index in [9.17, 15) is 5.11 Å². The molecule has 0 heterocycles. The molecular formula is C22H29NO2. The average molecular weight is 339 g/mol. The van der Waals surface area contributed by atoms with Crippen molar-refractivity contribution in [2.75, 3.05) is 0 Å². The molecule has 1 fully saturated rings. The summed E-state index contributed by atoms with van der Waals surface area (Å²) in [7, 11) is 0. The van der Waals surface area contributed by atoms with Crippen LogP contribution in [0.5, 0.6) is 11.5 Å². The van der Waals surface area contributed by atoms with E-state index < -0.39 is 0 Å². The molecule has 1 aliphatic carbocycles. The van der Waals surface area contributed by atoms with Gasteiger partial charge in [-0.2, -0.15) is 0 Å². The molecule has 0 bridgehead atoms. The van der Waals surface area contributed by atoms with Gasteiger partial charge in [-0.25, -0.2) is 0 Å². The fourth-order valence-corrected chi connectivity index (χ4v) is 3.65. The Morgan fingerprint density at radius 3 is 2.24 bits per heavy atom. The maximum Gasteiger partial charge on any atom is 0.127 e. The lowest BCUT2D eigenvalue weighted by Crippen LogP contribution is -2.47. The van der Waals surface area contributed by atoms with E-state index in [0.717, 1.165) is 30.8 Å². The van der Waals surface area contributed by atoms with E-state index >= 15 is 0 Å². The number of aliphatic hydroxyl groups is 1. The standard InChI is InChI=1S/C22H29NO2/c1-22(2,3)23-20-14-17(15-21(20)24)13-16-9-11-19(12-10-16)25-18-7-5-4-6-8-18/h4-12,17,20-21,23-24H,13-15H2,1-3H3/t17-,20+,21+/m0/s1. The third-order valence-corrected chi connectivity index (χ3v) is 4.67. The van der Waals surface area contributed by atoms with Crippen LogP contribution in [0.3, 0.4) is 0 Å². The fraction of sp³-hybridized carbons (Fsp3) is 0.455. The van der Waals surface area contributed by atoms with Gasteiger partial charge in [-0.05, 0) is 75.8 Å². The minimum Gasteiger partial charge on any atom is -0.457 e. The molecule has 0 aromatic heterocycles. The average Bonchev–Trinajstić information content (AvgIpc) is 2.88. The summed E-state index contributed by atoms with van der Waals surface area (Å²) in [6, 6.07) is 18.3. The lowest BCUT2D eigenvalue weighted by Gasteiger charge is -2.27. The van der Waals surface area contributed by atoms with Crippen molar-refractivity contribution in [1.82, 2.24) is 5.32 Å². The van der Waals surface area contributed by atoms with Gasteiger partial charge in [0.05, 0.1) is 6.10 Å². The number of ether oxygens (including phenoxy) is 1. The highest BCUT2D eigenvalue weighted by atomic mass is 16.5. The van der Waals surface area contributed by atoms with Crippen LogP contribution < -0.4 is 10.1 Å². The Balaban J connectivity index is 1.55. The monoisotopic (exact) mass is 339 g/mol. The molecule has 2 aromatic rings. The van der Waals surface area contributed by atoms with Crippen LogP contribution in [0.1, 0.15) is 39.2 Å². The van der Waals surface area contributed by atoms with Gasteiger partial charge >= 0.3 is 0 Å². The zero-order valence-electron chi connectivity index (χ0n) is 15.4. The van der Waals surface area contributed by atoms with Crippen LogP contribution in [-0.4, -0.2) is 22.8 Å². The maximum atomic E-state index is 10.3. The summed E-state index contributed by atoms with van der Waals surface area (Å²) in [5.74, 6) is 2.23. The Labute approximate surface area is 151 Å². The molecule has 0 unspecified atom stereocenters. The minimum atomic E-state index is -0.245. The van der Waals surface area contributed by atoms with Crippen molar-refractivity contribution < 1.29 is 9.84 Å². The van der Waals surface area contributed by atoms with Gasteiger partial charge in [0.15, 0.2) is 0 Å². The zero-order chi connectivity index (χ0) is 17.9. The second-order valence-electron chi connectivity index (χ2n) is 8.17. The molecule has 25 heavy (non-hydrogen) atoms. The van der Waals surface area contributed by atoms with Gasteiger partial charge in [-0.1, -0.05) is 30.3 Å². The molecule has 3 nitrogen and oxygen atoms in total. The third kappa shape index (κ3) is 5.32. The molecule has 3 heteroatoms. The molecule has 0 spiro atoms. The Morgan fingerprint density at radius 1 is 0.960 bits per heavy atom. The zero-order valence-corrected chi connectivity index (χ0v) is 15.4. The number of rotatable bonds is 5. The van der Waals surface area contributed by atoms with Crippen LogP contribution in [0.4, 0.5) is 0 Å². The Hall–Kier alpha value is -1.84. The van der Waals surface area contributed by atoms with Gasteiger partial charge in [-0.15, -0.1) is 0 Å². The number of para-hydroxylation sites is 1. The largest absolute Gasteiger partial charge is 0.457 e. The molecule has 0 radical (unpaired) electrons. The van der Waals surface area contributed by atoms with Crippen molar-refractivity contribution in [3.05, 3.63) is 60.2 Å². The SMILES string of the molecule is CC(C)(C)N[C@@H]1C[C@H](Cc2ccc(Oc3ccccc3)cc2)C[C@H]1O. The molecule has 2 aromatic carbocycles. The summed E-state index contributed by atoms with van der Waals surface area (Å²) in [5.41, 5.74) is 1.34. The number of hydrogen-bond acceptors (Lipinski definition) is 3. The first-order chi connectivity index (χ1) is 11.9. The number of nitrogens with one attached hydrogen (secondary N) is 1. The quantitative estimate of drug-likeness (QED) is 0.840. The number of hydrogen-bond donors (Lipinski definition) is 2. The van der Waals surface area contributed by atoms with Crippen LogP contribution >= 0.6 is 0 Å². The number of aliphatic hydroxyl groups excluding tert-OH is 1. The lowest BCUT2D eigenvalue weighted by molar-refractivity contribution is 0.133. The van der Waals surface area contributed by atoms with Crippen molar-refractivity contribution in [2.24, 2.45) is 5.92 Å². The maximum absolute atomic E-state index is 10.3. The van der Waals surface area contributed by atoms with Gasteiger partial charge in [0.1, 0.15) is 11.5 Å². The highest BCUT2D eigenvalue weighted by Crippen LogP contribution is 2.31. The summed E-state index contributed by atoms with van der Waals surface area (Å²) in [5, 5.41) is 13.9. The molecule has 3 rings (SSSR count). The molecule has 3 atom stereocenters. The van der Waals surface area contributed by atoms with E-state index in [1.54, 1.807) is 0 Å². The van der Waals surface area contributed by atoms with Gasteiger partial charge in [-0.3, -0.25) is 0 Å². The third-order valence-electron chi connectivity index (χ3n) is 4.67. The van der Waals surface area contributed by atoms with Crippen LogP contribution in [-0.2, 0) is 6.42 Å².